The van der Waals surface area contributed by atoms with Crippen LogP contribution in [0.1, 0.15) is 19.8 Å². The first kappa shape index (κ1) is 14.0. The first-order valence-corrected chi connectivity index (χ1v) is 6.40. The van der Waals surface area contributed by atoms with Crippen LogP contribution in [0.15, 0.2) is 24.3 Å². The van der Waals surface area contributed by atoms with Crippen LogP contribution in [0.5, 0.6) is 0 Å². The van der Waals surface area contributed by atoms with Crippen molar-refractivity contribution in [2.45, 2.75) is 19.8 Å². The molecule has 0 aliphatic rings. The van der Waals surface area contributed by atoms with Gasteiger partial charge in [0.15, 0.2) is 0 Å². The molecule has 0 aliphatic carbocycles. The Morgan fingerprint density at radius 3 is 2.76 bits per heavy atom. The summed E-state index contributed by atoms with van der Waals surface area (Å²) in [5.41, 5.74) is 0.741. The Hall–Kier alpha value is -1.11. The van der Waals surface area contributed by atoms with Crippen molar-refractivity contribution < 1.29 is 14.3 Å². The Labute approximate surface area is 114 Å². The molecule has 0 saturated carbocycles. The van der Waals surface area contributed by atoms with Crippen LogP contribution >= 0.6 is 22.6 Å². The largest absolute Gasteiger partial charge is 0.466 e. The zero-order chi connectivity index (χ0) is 12.7. The molecular weight excluding hydrogens is 333 g/mol. The number of rotatable bonds is 5. The summed E-state index contributed by atoms with van der Waals surface area (Å²) < 4.78 is 5.79. The van der Waals surface area contributed by atoms with Crippen molar-refractivity contribution >= 4 is 40.2 Å². The molecule has 0 radical (unpaired) electrons. The maximum atomic E-state index is 11.5. The van der Waals surface area contributed by atoms with Gasteiger partial charge in [0.25, 0.3) is 0 Å². The molecule has 17 heavy (non-hydrogen) atoms. The number of halogens is 1. The van der Waals surface area contributed by atoms with Crippen molar-refractivity contribution in [3.63, 3.8) is 0 Å². The number of carbonyl (C=O) groups is 2. The van der Waals surface area contributed by atoms with Gasteiger partial charge in [-0.05, 0) is 47.7 Å². The van der Waals surface area contributed by atoms with Crippen molar-refractivity contribution in [2.24, 2.45) is 0 Å². The third-order valence-corrected chi connectivity index (χ3v) is 2.64. The SMILES string of the molecule is CCOC(=O)CCC(=O)Nc1cccc(I)c1. The fourth-order valence-electron chi connectivity index (χ4n) is 1.24. The molecule has 1 aromatic carbocycles. The minimum Gasteiger partial charge on any atom is -0.466 e. The van der Waals surface area contributed by atoms with E-state index in [1.54, 1.807) is 6.92 Å². The Morgan fingerprint density at radius 1 is 1.35 bits per heavy atom. The number of nitrogens with one attached hydrogen (secondary N) is 1. The molecule has 5 heteroatoms. The Kier molecular flexibility index (Phi) is 5.96. The quantitative estimate of drug-likeness (QED) is 0.658. The van der Waals surface area contributed by atoms with E-state index in [9.17, 15) is 9.59 Å². The first-order valence-electron chi connectivity index (χ1n) is 5.33. The van der Waals surface area contributed by atoms with Gasteiger partial charge in [-0.25, -0.2) is 0 Å². The van der Waals surface area contributed by atoms with Gasteiger partial charge in [0.1, 0.15) is 0 Å². The van der Waals surface area contributed by atoms with Gasteiger partial charge in [-0.15, -0.1) is 0 Å². The van der Waals surface area contributed by atoms with Gasteiger partial charge in [-0.3, -0.25) is 9.59 Å². The van der Waals surface area contributed by atoms with Gasteiger partial charge in [0.05, 0.1) is 13.0 Å². The third kappa shape index (κ3) is 5.67. The number of anilines is 1. The molecule has 4 nitrogen and oxygen atoms in total. The van der Waals surface area contributed by atoms with Crippen LogP contribution < -0.4 is 5.32 Å². The summed E-state index contributed by atoms with van der Waals surface area (Å²) in [7, 11) is 0. The molecular formula is C12H14INO3. The summed E-state index contributed by atoms with van der Waals surface area (Å²) in [5.74, 6) is -0.523. The monoisotopic (exact) mass is 347 g/mol. The zero-order valence-corrected chi connectivity index (χ0v) is 11.7. The van der Waals surface area contributed by atoms with Gasteiger partial charge in [-0.2, -0.15) is 0 Å². The van der Waals surface area contributed by atoms with E-state index in [1.807, 2.05) is 24.3 Å². The van der Waals surface area contributed by atoms with E-state index >= 15 is 0 Å². The Balaban J connectivity index is 2.37. The van der Waals surface area contributed by atoms with Crippen molar-refractivity contribution in [1.29, 1.82) is 0 Å². The standard InChI is InChI=1S/C12H14INO3/c1-2-17-12(16)7-6-11(15)14-10-5-3-4-9(13)8-10/h3-5,8H,2,6-7H2,1H3,(H,14,15). The van der Waals surface area contributed by atoms with E-state index in [-0.39, 0.29) is 24.7 Å². The molecule has 92 valence electrons. The number of amides is 1. The first-order chi connectivity index (χ1) is 8.11. The Bertz CT molecular complexity index is 406. The third-order valence-electron chi connectivity index (χ3n) is 1.97. The molecule has 1 rings (SSSR count). The predicted octanol–water partition coefficient (Wildman–Crippen LogP) is 2.57. The normalized spacial score (nSPS) is 9.76. The number of hydrogen-bond donors (Lipinski definition) is 1. The van der Waals surface area contributed by atoms with Gasteiger partial charge < -0.3 is 10.1 Å². The molecule has 0 bridgehead atoms. The summed E-state index contributed by atoms with van der Waals surface area (Å²) in [6.07, 6.45) is 0.258. The maximum Gasteiger partial charge on any atom is 0.306 e. The summed E-state index contributed by atoms with van der Waals surface area (Å²) in [4.78, 5) is 22.6. The predicted molar refractivity (Wildman–Crippen MR) is 73.7 cm³/mol. The lowest BCUT2D eigenvalue weighted by molar-refractivity contribution is -0.144. The van der Waals surface area contributed by atoms with Crippen molar-refractivity contribution in [3.8, 4) is 0 Å². The summed E-state index contributed by atoms with van der Waals surface area (Å²) in [6.45, 7) is 2.08. The molecule has 0 aromatic heterocycles. The topological polar surface area (TPSA) is 55.4 Å². The van der Waals surface area contributed by atoms with Gasteiger partial charge >= 0.3 is 5.97 Å². The lowest BCUT2D eigenvalue weighted by Crippen LogP contribution is -2.14. The number of ether oxygens (including phenoxy) is 1. The van der Waals surface area contributed by atoms with Crippen molar-refractivity contribution in [3.05, 3.63) is 27.8 Å². The number of carbonyl (C=O) groups excluding carboxylic acids is 2. The van der Waals surface area contributed by atoms with Crippen LogP contribution in [0.4, 0.5) is 5.69 Å². The highest BCUT2D eigenvalue weighted by Gasteiger charge is 2.07. The summed E-state index contributed by atoms with van der Waals surface area (Å²) >= 11 is 2.17. The molecule has 0 heterocycles. The fraction of sp³-hybridized carbons (Fsp3) is 0.333. The lowest BCUT2D eigenvalue weighted by atomic mass is 10.2. The van der Waals surface area contributed by atoms with Crippen LogP contribution in [-0.2, 0) is 14.3 Å². The van der Waals surface area contributed by atoms with E-state index < -0.39 is 0 Å². The molecule has 1 aromatic rings. The second-order valence-electron chi connectivity index (χ2n) is 3.36. The van der Waals surface area contributed by atoms with Gasteiger partial charge in [-0.1, -0.05) is 6.07 Å². The van der Waals surface area contributed by atoms with E-state index in [4.69, 9.17) is 4.74 Å². The minimum absolute atomic E-state index is 0.115. The molecule has 0 unspecified atom stereocenters. The average molecular weight is 347 g/mol. The van der Waals surface area contributed by atoms with E-state index in [0.717, 1.165) is 9.26 Å². The van der Waals surface area contributed by atoms with E-state index in [1.165, 1.54) is 0 Å². The smallest absolute Gasteiger partial charge is 0.306 e. The molecule has 0 aliphatic heterocycles. The second kappa shape index (κ2) is 7.26. The lowest BCUT2D eigenvalue weighted by Gasteiger charge is -2.05. The average Bonchev–Trinajstić information content (AvgIpc) is 2.27. The maximum absolute atomic E-state index is 11.5. The zero-order valence-electron chi connectivity index (χ0n) is 9.53. The second-order valence-corrected chi connectivity index (χ2v) is 4.61. The van der Waals surface area contributed by atoms with Crippen LogP contribution in [-0.4, -0.2) is 18.5 Å². The van der Waals surface area contributed by atoms with Gasteiger partial charge in [0, 0.05) is 15.7 Å². The van der Waals surface area contributed by atoms with Crippen molar-refractivity contribution in [2.75, 3.05) is 11.9 Å². The molecule has 0 atom stereocenters. The van der Waals surface area contributed by atoms with Crippen molar-refractivity contribution in [1.82, 2.24) is 0 Å². The van der Waals surface area contributed by atoms with Crippen LogP contribution in [0, 0.1) is 3.57 Å². The molecule has 0 fully saturated rings. The van der Waals surface area contributed by atoms with E-state index in [0.29, 0.717) is 6.61 Å². The van der Waals surface area contributed by atoms with Gasteiger partial charge in [0.2, 0.25) is 5.91 Å². The summed E-state index contributed by atoms with van der Waals surface area (Å²) in [5, 5.41) is 2.73. The fourth-order valence-corrected chi connectivity index (χ4v) is 1.78. The number of benzene rings is 1. The highest BCUT2D eigenvalue weighted by molar-refractivity contribution is 14.1. The number of esters is 1. The number of hydrogen-bond acceptors (Lipinski definition) is 3. The van der Waals surface area contributed by atoms with Crippen LogP contribution in [0.2, 0.25) is 0 Å². The van der Waals surface area contributed by atoms with E-state index in [2.05, 4.69) is 27.9 Å². The Morgan fingerprint density at radius 2 is 2.12 bits per heavy atom. The molecule has 0 saturated heterocycles. The minimum atomic E-state index is -0.342. The molecule has 0 spiro atoms. The van der Waals surface area contributed by atoms with Crippen LogP contribution in [0.25, 0.3) is 0 Å². The molecule has 1 amide bonds. The summed E-state index contributed by atoms with van der Waals surface area (Å²) in [6, 6.07) is 7.48. The molecule has 1 N–H and O–H groups in total. The highest BCUT2D eigenvalue weighted by atomic mass is 127. The highest BCUT2D eigenvalue weighted by Crippen LogP contribution is 2.12. The van der Waals surface area contributed by atoms with Crippen LogP contribution in [0.3, 0.4) is 0 Å².